The van der Waals surface area contributed by atoms with Crippen molar-refractivity contribution in [1.29, 1.82) is 0 Å². The van der Waals surface area contributed by atoms with E-state index >= 15 is 0 Å². The molecule has 0 radical (unpaired) electrons. The maximum absolute atomic E-state index is 11.0. The molecule has 4 nitrogen and oxygen atoms in total. The molecule has 0 saturated carbocycles. The number of carbonyl (C=O) groups is 1. The second-order valence-electron chi connectivity index (χ2n) is 4.42. The van der Waals surface area contributed by atoms with E-state index in [2.05, 4.69) is 10.2 Å². The zero-order valence-electron chi connectivity index (χ0n) is 10.6. The highest BCUT2D eigenvalue weighted by Crippen LogP contribution is 2.15. The fourth-order valence-corrected chi connectivity index (χ4v) is 1.75. The van der Waals surface area contributed by atoms with Crippen molar-refractivity contribution in [3.05, 3.63) is 35.4 Å². The summed E-state index contributed by atoms with van der Waals surface area (Å²) in [6.07, 6.45) is 0. The summed E-state index contributed by atoms with van der Waals surface area (Å²) in [5, 5.41) is 12.0. The van der Waals surface area contributed by atoms with Gasteiger partial charge in [-0.25, -0.2) is 0 Å². The first kappa shape index (κ1) is 13.7. The molecule has 0 saturated heterocycles. The van der Waals surface area contributed by atoms with Crippen molar-refractivity contribution in [2.24, 2.45) is 0 Å². The van der Waals surface area contributed by atoms with E-state index < -0.39 is 0 Å². The summed E-state index contributed by atoms with van der Waals surface area (Å²) in [4.78, 5) is 13.1. The third-order valence-corrected chi connectivity index (χ3v) is 2.41. The summed E-state index contributed by atoms with van der Waals surface area (Å²) in [6, 6.07) is 7.58. The van der Waals surface area contributed by atoms with Crippen LogP contribution in [-0.2, 0) is 11.3 Å². The zero-order valence-corrected chi connectivity index (χ0v) is 10.6. The Bertz CT molecular complexity index is 377. The van der Waals surface area contributed by atoms with Crippen molar-refractivity contribution in [3.63, 3.8) is 0 Å². The SMILES string of the molecule is CC(=O)N[C@H](CO)c1cccc(CN(C)C)c1. The molecule has 1 atom stereocenters. The van der Waals surface area contributed by atoms with Gasteiger partial charge >= 0.3 is 0 Å². The Labute approximate surface area is 102 Å². The number of aliphatic hydroxyl groups excluding tert-OH is 1. The molecule has 0 aliphatic heterocycles. The number of nitrogens with one attached hydrogen (secondary N) is 1. The molecule has 0 heterocycles. The van der Waals surface area contributed by atoms with Crippen LogP contribution >= 0.6 is 0 Å². The lowest BCUT2D eigenvalue weighted by Gasteiger charge is -2.17. The van der Waals surface area contributed by atoms with Gasteiger partial charge in [-0.3, -0.25) is 4.79 Å². The second kappa shape index (κ2) is 6.37. The number of hydrogen-bond donors (Lipinski definition) is 2. The lowest BCUT2D eigenvalue weighted by Crippen LogP contribution is -2.28. The van der Waals surface area contributed by atoms with Crippen LogP contribution in [-0.4, -0.2) is 36.6 Å². The number of aliphatic hydroxyl groups is 1. The van der Waals surface area contributed by atoms with Gasteiger partial charge in [-0.05, 0) is 25.2 Å². The molecule has 0 aliphatic carbocycles. The highest BCUT2D eigenvalue weighted by molar-refractivity contribution is 5.73. The fraction of sp³-hybridized carbons (Fsp3) is 0.462. The standard InChI is InChI=1S/C13H20N2O2/c1-10(17)14-13(9-16)12-6-4-5-11(7-12)8-15(2)3/h4-7,13,16H,8-9H2,1-3H3,(H,14,17)/t13-/m1/s1. The number of benzene rings is 1. The van der Waals surface area contributed by atoms with E-state index in [4.69, 9.17) is 0 Å². The minimum atomic E-state index is -0.324. The minimum Gasteiger partial charge on any atom is -0.394 e. The first-order chi connectivity index (χ1) is 8.02. The van der Waals surface area contributed by atoms with Crippen molar-refractivity contribution in [2.75, 3.05) is 20.7 Å². The number of rotatable bonds is 5. The molecule has 0 aromatic heterocycles. The summed E-state index contributed by atoms with van der Waals surface area (Å²) in [5.74, 6) is -0.137. The van der Waals surface area contributed by atoms with E-state index in [9.17, 15) is 9.90 Å². The highest BCUT2D eigenvalue weighted by Gasteiger charge is 2.11. The third kappa shape index (κ3) is 4.54. The van der Waals surface area contributed by atoms with E-state index in [0.717, 1.165) is 17.7 Å². The van der Waals surface area contributed by atoms with Crippen molar-refractivity contribution in [2.45, 2.75) is 19.5 Å². The second-order valence-corrected chi connectivity index (χ2v) is 4.42. The molecule has 1 amide bonds. The molecule has 1 rings (SSSR count). The first-order valence-electron chi connectivity index (χ1n) is 5.64. The van der Waals surface area contributed by atoms with Gasteiger partial charge in [0.2, 0.25) is 5.91 Å². The van der Waals surface area contributed by atoms with E-state index in [1.807, 2.05) is 38.4 Å². The van der Waals surface area contributed by atoms with E-state index in [1.54, 1.807) is 0 Å². The Morgan fingerprint density at radius 1 is 1.47 bits per heavy atom. The fourth-order valence-electron chi connectivity index (χ4n) is 1.75. The van der Waals surface area contributed by atoms with Gasteiger partial charge in [-0.1, -0.05) is 24.3 Å². The largest absolute Gasteiger partial charge is 0.394 e. The molecular formula is C13H20N2O2. The van der Waals surface area contributed by atoms with Crippen LogP contribution in [0, 0.1) is 0 Å². The van der Waals surface area contributed by atoms with Crippen LogP contribution < -0.4 is 5.32 Å². The molecular weight excluding hydrogens is 216 g/mol. The van der Waals surface area contributed by atoms with E-state index in [0.29, 0.717) is 0 Å². The molecule has 0 fully saturated rings. The molecule has 1 aromatic carbocycles. The Morgan fingerprint density at radius 2 is 2.18 bits per heavy atom. The van der Waals surface area contributed by atoms with Gasteiger partial charge in [0.05, 0.1) is 12.6 Å². The Kier molecular flexibility index (Phi) is 5.12. The zero-order chi connectivity index (χ0) is 12.8. The predicted octanol–water partition coefficient (Wildman–Crippen LogP) is 0.918. The maximum atomic E-state index is 11.0. The van der Waals surface area contributed by atoms with Gasteiger partial charge < -0.3 is 15.3 Å². The molecule has 94 valence electrons. The third-order valence-electron chi connectivity index (χ3n) is 2.41. The van der Waals surface area contributed by atoms with Crippen LogP contribution in [0.3, 0.4) is 0 Å². The first-order valence-corrected chi connectivity index (χ1v) is 5.64. The van der Waals surface area contributed by atoms with E-state index in [-0.39, 0.29) is 18.6 Å². The van der Waals surface area contributed by atoms with Crippen molar-refractivity contribution >= 4 is 5.91 Å². The normalized spacial score (nSPS) is 12.5. The lowest BCUT2D eigenvalue weighted by molar-refractivity contribution is -0.120. The summed E-state index contributed by atoms with van der Waals surface area (Å²) in [6.45, 7) is 2.20. The number of carbonyl (C=O) groups excluding carboxylic acids is 1. The molecule has 2 N–H and O–H groups in total. The van der Waals surface area contributed by atoms with Crippen molar-refractivity contribution < 1.29 is 9.90 Å². The lowest BCUT2D eigenvalue weighted by atomic mass is 10.0. The summed E-state index contributed by atoms with van der Waals surface area (Å²) < 4.78 is 0. The number of hydrogen-bond acceptors (Lipinski definition) is 3. The number of nitrogens with zero attached hydrogens (tertiary/aromatic N) is 1. The van der Waals surface area contributed by atoms with Gasteiger partial charge in [0.25, 0.3) is 0 Å². The molecule has 0 bridgehead atoms. The average Bonchev–Trinajstić information content (AvgIpc) is 2.25. The van der Waals surface area contributed by atoms with Crippen LogP contribution in [0.2, 0.25) is 0 Å². The van der Waals surface area contributed by atoms with Crippen molar-refractivity contribution in [1.82, 2.24) is 10.2 Å². The van der Waals surface area contributed by atoms with Crippen LogP contribution in [0.15, 0.2) is 24.3 Å². The van der Waals surface area contributed by atoms with Gasteiger partial charge in [-0.15, -0.1) is 0 Å². The summed E-state index contributed by atoms with van der Waals surface area (Å²) in [7, 11) is 4.01. The highest BCUT2D eigenvalue weighted by atomic mass is 16.3. The predicted molar refractivity (Wildman–Crippen MR) is 67.5 cm³/mol. The van der Waals surface area contributed by atoms with Gasteiger partial charge in [0, 0.05) is 13.5 Å². The Hall–Kier alpha value is -1.39. The molecule has 0 aliphatic rings. The van der Waals surface area contributed by atoms with Crippen LogP contribution in [0.4, 0.5) is 0 Å². The smallest absolute Gasteiger partial charge is 0.217 e. The molecule has 0 spiro atoms. The topological polar surface area (TPSA) is 52.6 Å². The van der Waals surface area contributed by atoms with Crippen LogP contribution in [0.5, 0.6) is 0 Å². The van der Waals surface area contributed by atoms with Gasteiger partial charge in [0.15, 0.2) is 0 Å². The summed E-state index contributed by atoms with van der Waals surface area (Å²) in [5.41, 5.74) is 2.10. The Morgan fingerprint density at radius 3 is 2.71 bits per heavy atom. The quantitative estimate of drug-likeness (QED) is 0.799. The van der Waals surface area contributed by atoms with E-state index in [1.165, 1.54) is 6.92 Å². The number of amides is 1. The van der Waals surface area contributed by atoms with Crippen LogP contribution in [0.1, 0.15) is 24.1 Å². The van der Waals surface area contributed by atoms with Crippen LogP contribution in [0.25, 0.3) is 0 Å². The van der Waals surface area contributed by atoms with Gasteiger partial charge in [0.1, 0.15) is 0 Å². The summed E-state index contributed by atoms with van der Waals surface area (Å²) >= 11 is 0. The van der Waals surface area contributed by atoms with Crippen molar-refractivity contribution in [3.8, 4) is 0 Å². The minimum absolute atomic E-state index is 0.0923. The Balaban J connectivity index is 2.84. The van der Waals surface area contributed by atoms with Gasteiger partial charge in [-0.2, -0.15) is 0 Å². The monoisotopic (exact) mass is 236 g/mol. The molecule has 17 heavy (non-hydrogen) atoms. The maximum Gasteiger partial charge on any atom is 0.217 e. The molecule has 1 aromatic rings. The average molecular weight is 236 g/mol. The molecule has 4 heteroatoms. The molecule has 0 unspecified atom stereocenters.